The molecule has 1 amide bonds. The fourth-order valence-electron chi connectivity index (χ4n) is 1.98. The number of nitrogens with zero attached hydrogens (tertiary/aromatic N) is 1. The van der Waals surface area contributed by atoms with Crippen LogP contribution < -0.4 is 0 Å². The molecule has 0 N–H and O–H groups in total. The Balaban J connectivity index is 2.13. The number of carbonyl (C=O) groups is 1. The normalized spacial score (nSPS) is 15.1. The van der Waals surface area contributed by atoms with Crippen molar-refractivity contribution in [2.45, 2.75) is 25.4 Å². The van der Waals surface area contributed by atoms with Crippen molar-refractivity contribution in [1.82, 2.24) is 4.90 Å². The standard InChI is InChI=1S/C13H14BrNOS/c1-2-12(16)15(11-5-3-4-6-11)9-10-7-8-17-13(10)14/h2-4,7-8,11H,1,5-6,9H2. The lowest BCUT2D eigenvalue weighted by Crippen LogP contribution is -2.37. The third-order valence-electron chi connectivity index (χ3n) is 2.92. The van der Waals surface area contributed by atoms with Crippen LogP contribution >= 0.6 is 27.3 Å². The van der Waals surface area contributed by atoms with E-state index in [1.165, 1.54) is 6.08 Å². The van der Waals surface area contributed by atoms with E-state index in [9.17, 15) is 4.79 Å². The maximum atomic E-state index is 11.9. The molecule has 2 rings (SSSR count). The molecule has 1 aromatic heterocycles. The van der Waals surface area contributed by atoms with Gasteiger partial charge in [-0.3, -0.25) is 4.79 Å². The Hall–Kier alpha value is -0.870. The van der Waals surface area contributed by atoms with E-state index in [-0.39, 0.29) is 11.9 Å². The van der Waals surface area contributed by atoms with Crippen LogP contribution in [0.4, 0.5) is 0 Å². The largest absolute Gasteiger partial charge is 0.331 e. The van der Waals surface area contributed by atoms with E-state index < -0.39 is 0 Å². The molecule has 1 aliphatic rings. The molecule has 0 unspecified atom stereocenters. The van der Waals surface area contributed by atoms with Gasteiger partial charge in [-0.15, -0.1) is 11.3 Å². The average Bonchev–Trinajstić information content (AvgIpc) is 2.97. The van der Waals surface area contributed by atoms with Crippen molar-refractivity contribution in [3.8, 4) is 0 Å². The lowest BCUT2D eigenvalue weighted by molar-refractivity contribution is -0.128. The van der Waals surface area contributed by atoms with Gasteiger partial charge < -0.3 is 4.90 Å². The first-order valence-corrected chi connectivity index (χ1v) is 7.19. The zero-order valence-corrected chi connectivity index (χ0v) is 11.8. The van der Waals surface area contributed by atoms with Gasteiger partial charge in [-0.1, -0.05) is 18.7 Å². The summed E-state index contributed by atoms with van der Waals surface area (Å²) in [5, 5.41) is 2.03. The molecule has 1 aromatic rings. The van der Waals surface area contributed by atoms with Gasteiger partial charge >= 0.3 is 0 Å². The Labute approximate surface area is 114 Å². The van der Waals surface area contributed by atoms with Crippen LogP contribution in [0.15, 0.2) is 40.0 Å². The molecular weight excluding hydrogens is 298 g/mol. The first kappa shape index (κ1) is 12.6. The zero-order valence-electron chi connectivity index (χ0n) is 9.43. The van der Waals surface area contributed by atoms with Gasteiger partial charge in [0.15, 0.2) is 0 Å². The Morgan fingerprint density at radius 2 is 2.29 bits per heavy atom. The summed E-state index contributed by atoms with van der Waals surface area (Å²) in [6, 6.07) is 2.34. The molecule has 0 radical (unpaired) electrons. The average molecular weight is 312 g/mol. The predicted octanol–water partition coefficient (Wildman–Crippen LogP) is 3.74. The first-order valence-electron chi connectivity index (χ1n) is 5.52. The second-order valence-corrected chi connectivity index (χ2v) is 6.22. The minimum Gasteiger partial charge on any atom is -0.331 e. The van der Waals surface area contributed by atoms with Crippen molar-refractivity contribution in [1.29, 1.82) is 0 Å². The highest BCUT2D eigenvalue weighted by atomic mass is 79.9. The van der Waals surface area contributed by atoms with Gasteiger partial charge in [-0.05, 0) is 51.9 Å². The highest BCUT2D eigenvalue weighted by Gasteiger charge is 2.23. The van der Waals surface area contributed by atoms with Gasteiger partial charge in [0.2, 0.25) is 5.91 Å². The van der Waals surface area contributed by atoms with Crippen LogP contribution in [-0.4, -0.2) is 16.8 Å². The van der Waals surface area contributed by atoms with Gasteiger partial charge in [-0.2, -0.15) is 0 Å². The van der Waals surface area contributed by atoms with E-state index in [0.29, 0.717) is 6.54 Å². The lowest BCUT2D eigenvalue weighted by Gasteiger charge is -2.27. The summed E-state index contributed by atoms with van der Waals surface area (Å²) in [6.07, 6.45) is 7.56. The highest BCUT2D eigenvalue weighted by molar-refractivity contribution is 9.11. The SMILES string of the molecule is C=CC(=O)N(Cc1ccsc1Br)C1CC=CC1. The highest BCUT2D eigenvalue weighted by Crippen LogP contribution is 2.27. The molecule has 0 aliphatic heterocycles. The number of hydrogen-bond acceptors (Lipinski definition) is 2. The second kappa shape index (κ2) is 5.65. The predicted molar refractivity (Wildman–Crippen MR) is 74.9 cm³/mol. The van der Waals surface area contributed by atoms with Crippen LogP contribution in [-0.2, 0) is 11.3 Å². The molecule has 90 valence electrons. The first-order chi connectivity index (χ1) is 8.22. The van der Waals surface area contributed by atoms with E-state index in [1.807, 2.05) is 10.3 Å². The topological polar surface area (TPSA) is 20.3 Å². The van der Waals surface area contributed by atoms with Crippen molar-refractivity contribution in [2.24, 2.45) is 0 Å². The van der Waals surface area contributed by atoms with Crippen LogP contribution in [0.2, 0.25) is 0 Å². The third-order valence-corrected chi connectivity index (χ3v) is 4.73. The molecule has 0 atom stereocenters. The molecular formula is C13H14BrNOS. The van der Waals surface area contributed by atoms with Gasteiger partial charge in [0.05, 0.1) is 3.79 Å². The number of amides is 1. The summed E-state index contributed by atoms with van der Waals surface area (Å²) in [6.45, 7) is 4.24. The van der Waals surface area contributed by atoms with Crippen molar-refractivity contribution < 1.29 is 4.79 Å². The monoisotopic (exact) mass is 311 g/mol. The van der Waals surface area contributed by atoms with E-state index in [2.05, 4.69) is 40.7 Å². The molecule has 0 aromatic carbocycles. The van der Waals surface area contributed by atoms with E-state index >= 15 is 0 Å². The second-order valence-electron chi connectivity index (χ2n) is 3.99. The lowest BCUT2D eigenvalue weighted by atomic mass is 10.1. The van der Waals surface area contributed by atoms with Crippen LogP contribution in [0.1, 0.15) is 18.4 Å². The van der Waals surface area contributed by atoms with Crippen LogP contribution in [0.3, 0.4) is 0 Å². The van der Waals surface area contributed by atoms with Crippen molar-refractivity contribution in [3.05, 3.63) is 45.6 Å². The van der Waals surface area contributed by atoms with Crippen molar-refractivity contribution in [2.75, 3.05) is 0 Å². The van der Waals surface area contributed by atoms with E-state index in [0.717, 1.165) is 22.2 Å². The molecule has 0 bridgehead atoms. The van der Waals surface area contributed by atoms with Gasteiger partial charge in [0.1, 0.15) is 0 Å². The Bertz CT molecular complexity index is 444. The van der Waals surface area contributed by atoms with Crippen molar-refractivity contribution in [3.63, 3.8) is 0 Å². The number of halogens is 1. The van der Waals surface area contributed by atoms with Crippen LogP contribution in [0.5, 0.6) is 0 Å². The Morgan fingerprint density at radius 1 is 1.59 bits per heavy atom. The minimum absolute atomic E-state index is 0.0109. The van der Waals surface area contributed by atoms with Crippen LogP contribution in [0, 0.1) is 0 Å². The Kier molecular flexibility index (Phi) is 4.18. The maximum Gasteiger partial charge on any atom is 0.246 e. The summed E-state index contributed by atoms with van der Waals surface area (Å²) in [5.41, 5.74) is 1.16. The smallest absolute Gasteiger partial charge is 0.246 e. The molecule has 2 nitrogen and oxygen atoms in total. The molecule has 17 heavy (non-hydrogen) atoms. The van der Waals surface area contributed by atoms with Crippen molar-refractivity contribution >= 4 is 33.2 Å². The minimum atomic E-state index is 0.0109. The summed E-state index contributed by atoms with van der Waals surface area (Å²) >= 11 is 5.16. The Morgan fingerprint density at radius 3 is 2.82 bits per heavy atom. The molecule has 4 heteroatoms. The van der Waals surface area contributed by atoms with E-state index in [1.54, 1.807) is 11.3 Å². The van der Waals surface area contributed by atoms with E-state index in [4.69, 9.17) is 0 Å². The molecule has 0 fully saturated rings. The van der Waals surface area contributed by atoms with Crippen LogP contribution in [0.25, 0.3) is 0 Å². The molecule has 0 saturated carbocycles. The zero-order chi connectivity index (χ0) is 12.3. The summed E-state index contributed by atoms with van der Waals surface area (Å²) in [5.74, 6) is 0.0109. The fraction of sp³-hybridized carbons (Fsp3) is 0.308. The molecule has 1 heterocycles. The molecule has 0 spiro atoms. The molecule has 1 aliphatic carbocycles. The summed E-state index contributed by atoms with van der Waals surface area (Å²) in [4.78, 5) is 13.8. The van der Waals surface area contributed by atoms with Gasteiger partial charge in [0.25, 0.3) is 0 Å². The summed E-state index contributed by atoms with van der Waals surface area (Å²) in [7, 11) is 0. The number of rotatable bonds is 4. The maximum absolute atomic E-state index is 11.9. The number of carbonyl (C=O) groups excluding carboxylic acids is 1. The molecule has 0 saturated heterocycles. The fourth-order valence-corrected chi connectivity index (χ4v) is 3.19. The van der Waals surface area contributed by atoms with Gasteiger partial charge in [-0.25, -0.2) is 0 Å². The van der Waals surface area contributed by atoms with Gasteiger partial charge in [0, 0.05) is 12.6 Å². The number of thiophene rings is 1. The number of hydrogen-bond donors (Lipinski definition) is 0. The quantitative estimate of drug-likeness (QED) is 0.612. The summed E-state index contributed by atoms with van der Waals surface area (Å²) < 4.78 is 1.10. The third kappa shape index (κ3) is 2.87.